The number of hydrogen-bond acceptors (Lipinski definition) is 7. The zero-order valence-corrected chi connectivity index (χ0v) is 12.8. The van der Waals surface area contributed by atoms with E-state index in [1.807, 2.05) is 0 Å². The van der Waals surface area contributed by atoms with E-state index in [0.717, 1.165) is 0 Å². The Morgan fingerprint density at radius 3 is 2.27 bits per heavy atom. The van der Waals surface area contributed by atoms with Gasteiger partial charge in [0.05, 0.1) is 34.1 Å². The molecule has 22 heavy (non-hydrogen) atoms. The quantitative estimate of drug-likeness (QED) is 0.759. The zero-order chi connectivity index (χ0) is 16.1. The van der Waals surface area contributed by atoms with E-state index in [-0.39, 0.29) is 12.5 Å². The minimum Gasteiger partial charge on any atom is -0.493 e. The van der Waals surface area contributed by atoms with Gasteiger partial charge in [0.25, 0.3) is 0 Å². The number of ether oxygens (including phenoxy) is 4. The van der Waals surface area contributed by atoms with E-state index in [4.69, 9.17) is 23.4 Å². The molecular weight excluding hydrogens is 290 g/mol. The molecule has 1 aromatic heterocycles. The van der Waals surface area contributed by atoms with Crippen LogP contribution in [-0.4, -0.2) is 38.9 Å². The Hall–Kier alpha value is -2.70. The molecule has 1 heterocycles. The Kier molecular flexibility index (Phi) is 4.88. The van der Waals surface area contributed by atoms with Crippen molar-refractivity contribution >= 4 is 5.97 Å². The number of oxazole rings is 1. The van der Waals surface area contributed by atoms with Crippen LogP contribution in [0.1, 0.15) is 17.6 Å². The van der Waals surface area contributed by atoms with Gasteiger partial charge >= 0.3 is 11.9 Å². The first-order valence-corrected chi connectivity index (χ1v) is 6.57. The average Bonchev–Trinajstić information content (AvgIpc) is 3.03. The molecule has 0 aliphatic heterocycles. The first kappa shape index (κ1) is 15.7. The first-order valence-electron chi connectivity index (χ1n) is 6.57. The third-order valence-electron chi connectivity index (χ3n) is 2.90. The van der Waals surface area contributed by atoms with Crippen LogP contribution in [-0.2, 0) is 4.74 Å². The highest BCUT2D eigenvalue weighted by molar-refractivity contribution is 5.84. The van der Waals surface area contributed by atoms with Crippen molar-refractivity contribution in [2.24, 2.45) is 0 Å². The molecule has 0 saturated carbocycles. The number of carbonyl (C=O) groups is 1. The normalized spacial score (nSPS) is 10.2. The standard InChI is InChI=1S/C15H17NO6/c1-5-21-15(17)14-16-8-12(22-14)9-6-10(18-2)13(20-4)11(7-9)19-3/h6-8H,5H2,1-4H3. The predicted octanol–water partition coefficient (Wildman–Crippen LogP) is 2.54. The van der Waals surface area contributed by atoms with Crippen LogP contribution >= 0.6 is 0 Å². The summed E-state index contributed by atoms with van der Waals surface area (Å²) in [5.41, 5.74) is 0.637. The Morgan fingerprint density at radius 1 is 1.14 bits per heavy atom. The van der Waals surface area contributed by atoms with E-state index in [2.05, 4.69) is 4.98 Å². The molecule has 118 valence electrons. The summed E-state index contributed by atoms with van der Waals surface area (Å²) in [7, 11) is 4.56. The number of aromatic nitrogens is 1. The monoisotopic (exact) mass is 307 g/mol. The number of carbonyl (C=O) groups excluding carboxylic acids is 1. The second-order valence-electron chi connectivity index (χ2n) is 4.16. The Bertz CT molecular complexity index is 639. The lowest BCUT2D eigenvalue weighted by atomic mass is 10.1. The van der Waals surface area contributed by atoms with E-state index < -0.39 is 5.97 Å². The van der Waals surface area contributed by atoms with Crippen molar-refractivity contribution in [1.82, 2.24) is 4.98 Å². The molecule has 2 aromatic rings. The van der Waals surface area contributed by atoms with Gasteiger partial charge in [0.2, 0.25) is 5.75 Å². The molecule has 1 aromatic carbocycles. The highest BCUT2D eigenvalue weighted by Gasteiger charge is 2.19. The van der Waals surface area contributed by atoms with Crippen molar-refractivity contribution in [2.45, 2.75) is 6.92 Å². The van der Waals surface area contributed by atoms with Gasteiger partial charge in [0.15, 0.2) is 17.3 Å². The second kappa shape index (κ2) is 6.84. The SMILES string of the molecule is CCOC(=O)c1ncc(-c2cc(OC)c(OC)c(OC)c2)o1. The van der Waals surface area contributed by atoms with Gasteiger partial charge in [-0.15, -0.1) is 0 Å². The van der Waals surface area contributed by atoms with E-state index in [1.54, 1.807) is 19.1 Å². The molecule has 2 rings (SSSR count). The molecule has 7 heteroatoms. The number of hydrogen-bond donors (Lipinski definition) is 0. The second-order valence-corrected chi connectivity index (χ2v) is 4.16. The lowest BCUT2D eigenvalue weighted by Crippen LogP contribution is -2.04. The molecular formula is C15H17NO6. The summed E-state index contributed by atoms with van der Waals surface area (Å²) in [4.78, 5) is 15.5. The molecule has 0 bridgehead atoms. The fourth-order valence-corrected chi connectivity index (χ4v) is 1.92. The average molecular weight is 307 g/mol. The maximum atomic E-state index is 11.6. The summed E-state index contributed by atoms with van der Waals surface area (Å²) in [6.07, 6.45) is 1.44. The molecule has 0 fully saturated rings. The molecule has 0 saturated heterocycles. The summed E-state index contributed by atoms with van der Waals surface area (Å²) < 4.78 is 26.1. The van der Waals surface area contributed by atoms with E-state index in [9.17, 15) is 4.79 Å². The number of nitrogens with zero attached hydrogens (tertiary/aromatic N) is 1. The van der Waals surface area contributed by atoms with E-state index in [1.165, 1.54) is 27.5 Å². The molecule has 0 radical (unpaired) electrons. The topological polar surface area (TPSA) is 80.0 Å². The maximum absolute atomic E-state index is 11.6. The van der Waals surface area contributed by atoms with Gasteiger partial charge in [-0.3, -0.25) is 0 Å². The van der Waals surface area contributed by atoms with Crippen molar-refractivity contribution in [2.75, 3.05) is 27.9 Å². The van der Waals surface area contributed by atoms with Crippen molar-refractivity contribution in [3.63, 3.8) is 0 Å². The number of esters is 1. The molecule has 0 atom stereocenters. The van der Waals surface area contributed by atoms with Gasteiger partial charge in [-0.25, -0.2) is 9.78 Å². The third kappa shape index (κ3) is 2.98. The van der Waals surface area contributed by atoms with Crippen LogP contribution in [0.25, 0.3) is 11.3 Å². The van der Waals surface area contributed by atoms with Crippen molar-refractivity contribution in [3.05, 3.63) is 24.2 Å². The van der Waals surface area contributed by atoms with Crippen LogP contribution in [0.5, 0.6) is 17.2 Å². The fraction of sp³-hybridized carbons (Fsp3) is 0.333. The lowest BCUT2D eigenvalue weighted by molar-refractivity contribution is 0.0482. The predicted molar refractivity (Wildman–Crippen MR) is 77.6 cm³/mol. The third-order valence-corrected chi connectivity index (χ3v) is 2.90. The van der Waals surface area contributed by atoms with Crippen LogP contribution in [0.3, 0.4) is 0 Å². The van der Waals surface area contributed by atoms with Gasteiger partial charge in [-0.1, -0.05) is 0 Å². The van der Waals surface area contributed by atoms with E-state index in [0.29, 0.717) is 28.6 Å². The van der Waals surface area contributed by atoms with Gasteiger partial charge < -0.3 is 23.4 Å². The van der Waals surface area contributed by atoms with Crippen LogP contribution in [0.15, 0.2) is 22.7 Å². The maximum Gasteiger partial charge on any atom is 0.394 e. The summed E-state index contributed by atoms with van der Waals surface area (Å²) in [5, 5.41) is 0. The summed E-state index contributed by atoms with van der Waals surface area (Å²) in [6.45, 7) is 1.96. The van der Waals surface area contributed by atoms with Gasteiger partial charge in [0.1, 0.15) is 0 Å². The molecule has 0 N–H and O–H groups in total. The highest BCUT2D eigenvalue weighted by Crippen LogP contribution is 2.41. The summed E-state index contributed by atoms with van der Waals surface area (Å²) in [5.74, 6) is 1.10. The summed E-state index contributed by atoms with van der Waals surface area (Å²) in [6, 6.07) is 3.41. The van der Waals surface area contributed by atoms with Crippen LogP contribution in [0.4, 0.5) is 0 Å². The Balaban J connectivity index is 2.42. The van der Waals surface area contributed by atoms with Crippen molar-refractivity contribution < 1.29 is 28.2 Å². The van der Waals surface area contributed by atoms with Crippen LogP contribution < -0.4 is 14.2 Å². The molecule has 0 spiro atoms. The minimum atomic E-state index is -0.610. The molecule has 0 unspecified atom stereocenters. The Morgan fingerprint density at radius 2 is 1.77 bits per heavy atom. The summed E-state index contributed by atoms with van der Waals surface area (Å²) >= 11 is 0. The first-order chi connectivity index (χ1) is 10.6. The number of methoxy groups -OCH3 is 3. The molecule has 0 aliphatic rings. The van der Waals surface area contributed by atoms with Crippen LogP contribution in [0.2, 0.25) is 0 Å². The number of benzene rings is 1. The number of rotatable bonds is 6. The lowest BCUT2D eigenvalue weighted by Gasteiger charge is -2.13. The van der Waals surface area contributed by atoms with Gasteiger partial charge in [0, 0.05) is 5.56 Å². The zero-order valence-electron chi connectivity index (χ0n) is 12.8. The van der Waals surface area contributed by atoms with E-state index >= 15 is 0 Å². The van der Waals surface area contributed by atoms with Gasteiger partial charge in [-0.05, 0) is 19.1 Å². The Labute approximate surface area is 127 Å². The molecule has 7 nitrogen and oxygen atoms in total. The largest absolute Gasteiger partial charge is 0.493 e. The van der Waals surface area contributed by atoms with Crippen molar-refractivity contribution in [3.8, 4) is 28.6 Å². The fourth-order valence-electron chi connectivity index (χ4n) is 1.92. The van der Waals surface area contributed by atoms with Gasteiger partial charge in [-0.2, -0.15) is 0 Å². The molecule has 0 aliphatic carbocycles. The minimum absolute atomic E-state index is 0.106. The molecule has 0 amide bonds. The van der Waals surface area contributed by atoms with Crippen LogP contribution in [0, 0.1) is 0 Å². The smallest absolute Gasteiger partial charge is 0.394 e. The van der Waals surface area contributed by atoms with Crippen molar-refractivity contribution in [1.29, 1.82) is 0 Å². The highest BCUT2D eigenvalue weighted by atomic mass is 16.5.